The average molecular weight is 314 g/mol. The Morgan fingerprint density at radius 1 is 1.22 bits per heavy atom. The Labute approximate surface area is 140 Å². The van der Waals surface area contributed by atoms with E-state index >= 15 is 0 Å². The first kappa shape index (κ1) is 17.7. The number of amides is 1. The molecule has 0 saturated heterocycles. The maximum Gasteiger partial charge on any atom is 0.224 e. The second-order valence-corrected chi connectivity index (χ2v) is 7.79. The van der Waals surface area contributed by atoms with Crippen LogP contribution in [0.25, 0.3) is 0 Å². The Hall–Kier alpha value is -1.61. The van der Waals surface area contributed by atoms with Crippen molar-refractivity contribution >= 4 is 5.91 Å². The Morgan fingerprint density at radius 3 is 2.39 bits per heavy atom. The minimum Gasteiger partial charge on any atom is -0.352 e. The summed E-state index contributed by atoms with van der Waals surface area (Å²) in [7, 11) is 4.12. The maximum atomic E-state index is 12.6. The third-order valence-corrected chi connectivity index (χ3v) is 4.76. The molecule has 0 heterocycles. The molecule has 1 N–H and O–H groups in total. The van der Waals surface area contributed by atoms with Crippen LogP contribution in [0.15, 0.2) is 35.9 Å². The van der Waals surface area contributed by atoms with Gasteiger partial charge in [-0.2, -0.15) is 0 Å². The molecule has 3 nitrogen and oxygen atoms in total. The Balaban J connectivity index is 2.00. The highest BCUT2D eigenvalue weighted by Crippen LogP contribution is 2.59. The molecule has 1 aliphatic rings. The minimum absolute atomic E-state index is 0.0739. The fraction of sp³-hybridized carbons (Fsp3) is 0.550. The van der Waals surface area contributed by atoms with Crippen molar-refractivity contribution in [1.29, 1.82) is 0 Å². The molecular weight excluding hydrogens is 284 g/mol. The van der Waals surface area contributed by atoms with Gasteiger partial charge in [0, 0.05) is 13.1 Å². The van der Waals surface area contributed by atoms with Crippen LogP contribution >= 0.6 is 0 Å². The molecular formula is C20H30N2O. The van der Waals surface area contributed by atoms with Crippen molar-refractivity contribution in [3.63, 3.8) is 0 Å². The largest absolute Gasteiger partial charge is 0.352 e. The lowest BCUT2D eigenvalue weighted by molar-refractivity contribution is -0.123. The molecule has 2 rings (SSSR count). The third kappa shape index (κ3) is 4.23. The molecule has 0 radical (unpaired) electrons. The first-order chi connectivity index (χ1) is 10.7. The average Bonchev–Trinajstić information content (AvgIpc) is 2.97. The summed E-state index contributed by atoms with van der Waals surface area (Å²) in [6.45, 7) is 10.1. The maximum absolute atomic E-state index is 12.6. The summed E-state index contributed by atoms with van der Waals surface area (Å²) >= 11 is 0. The first-order valence-corrected chi connectivity index (χ1v) is 8.37. The van der Waals surface area contributed by atoms with E-state index in [0.717, 1.165) is 6.54 Å². The number of carbonyl (C=O) groups excluding carboxylic acids is 1. The number of allylic oxidation sites excluding steroid dienone is 2. The van der Waals surface area contributed by atoms with Gasteiger partial charge in [0.15, 0.2) is 0 Å². The molecule has 1 fully saturated rings. The summed E-state index contributed by atoms with van der Waals surface area (Å²) in [5.41, 5.74) is 3.83. The zero-order valence-electron chi connectivity index (χ0n) is 15.3. The van der Waals surface area contributed by atoms with Crippen molar-refractivity contribution in [1.82, 2.24) is 10.2 Å². The first-order valence-electron chi connectivity index (χ1n) is 8.37. The van der Waals surface area contributed by atoms with E-state index in [2.05, 4.69) is 76.3 Å². The fourth-order valence-electron chi connectivity index (χ4n) is 3.37. The monoisotopic (exact) mass is 314 g/mol. The lowest BCUT2D eigenvalue weighted by Gasteiger charge is -2.15. The molecule has 1 saturated carbocycles. The van der Waals surface area contributed by atoms with Crippen LogP contribution in [0.3, 0.4) is 0 Å². The molecule has 23 heavy (non-hydrogen) atoms. The second-order valence-electron chi connectivity index (χ2n) is 7.79. The smallest absolute Gasteiger partial charge is 0.224 e. The lowest BCUT2D eigenvalue weighted by Crippen LogP contribution is -2.27. The van der Waals surface area contributed by atoms with Crippen LogP contribution < -0.4 is 5.32 Å². The number of hydrogen-bond acceptors (Lipinski definition) is 2. The van der Waals surface area contributed by atoms with E-state index < -0.39 is 0 Å². The van der Waals surface area contributed by atoms with Crippen LogP contribution in [0.1, 0.15) is 38.8 Å². The zero-order chi connectivity index (χ0) is 17.2. The van der Waals surface area contributed by atoms with Gasteiger partial charge in [-0.05, 0) is 50.4 Å². The van der Waals surface area contributed by atoms with Crippen molar-refractivity contribution in [3.8, 4) is 0 Å². The van der Waals surface area contributed by atoms with Gasteiger partial charge in [-0.3, -0.25) is 4.79 Å². The van der Waals surface area contributed by atoms with E-state index in [1.54, 1.807) is 0 Å². The van der Waals surface area contributed by atoms with Crippen molar-refractivity contribution in [3.05, 3.63) is 47.0 Å². The Morgan fingerprint density at radius 2 is 1.83 bits per heavy atom. The van der Waals surface area contributed by atoms with E-state index in [1.165, 1.54) is 16.7 Å². The Bertz CT molecular complexity index is 597. The number of hydrogen-bond donors (Lipinski definition) is 1. The predicted octanol–water partition coefficient (Wildman–Crippen LogP) is 3.60. The van der Waals surface area contributed by atoms with Crippen molar-refractivity contribution in [2.24, 2.45) is 17.3 Å². The molecule has 0 aromatic heterocycles. The number of nitrogens with zero attached hydrogens (tertiary/aromatic N) is 1. The van der Waals surface area contributed by atoms with Gasteiger partial charge in [0.2, 0.25) is 5.91 Å². The standard InChI is InChI=1S/C20H30N2O/c1-14(2)11-17-18(20(17,3)4)19(23)21-12-15-9-7-8-10-16(15)13-22(5)6/h7-11,17-18H,12-13H2,1-6H3,(H,21,23)/t17-,18-/m0/s1. The Kier molecular flexibility index (Phi) is 5.30. The number of rotatable bonds is 6. The van der Waals surface area contributed by atoms with Crippen LogP contribution in [0, 0.1) is 17.3 Å². The van der Waals surface area contributed by atoms with Crippen molar-refractivity contribution in [2.75, 3.05) is 14.1 Å². The molecule has 3 heteroatoms. The lowest BCUT2D eigenvalue weighted by atomic mass is 10.1. The van der Waals surface area contributed by atoms with Gasteiger partial charge in [-0.25, -0.2) is 0 Å². The van der Waals surface area contributed by atoms with Crippen molar-refractivity contribution in [2.45, 2.75) is 40.8 Å². The zero-order valence-corrected chi connectivity index (χ0v) is 15.3. The van der Waals surface area contributed by atoms with Crippen LogP contribution in [-0.2, 0) is 17.9 Å². The molecule has 0 bridgehead atoms. The summed E-state index contributed by atoms with van der Waals surface area (Å²) in [6, 6.07) is 8.33. The molecule has 1 aromatic rings. The van der Waals surface area contributed by atoms with Gasteiger partial charge in [0.25, 0.3) is 0 Å². The third-order valence-electron chi connectivity index (χ3n) is 4.76. The van der Waals surface area contributed by atoms with Gasteiger partial charge in [-0.15, -0.1) is 0 Å². The summed E-state index contributed by atoms with van der Waals surface area (Å²) in [4.78, 5) is 14.7. The molecule has 0 unspecified atom stereocenters. The molecule has 1 aromatic carbocycles. The topological polar surface area (TPSA) is 32.3 Å². The second kappa shape index (κ2) is 6.88. The van der Waals surface area contributed by atoms with Crippen LogP contribution in [0.5, 0.6) is 0 Å². The summed E-state index contributed by atoms with van der Waals surface area (Å²) in [5, 5.41) is 3.15. The normalized spacial score (nSPS) is 21.9. The van der Waals surface area contributed by atoms with E-state index in [4.69, 9.17) is 0 Å². The molecule has 1 amide bonds. The summed E-state index contributed by atoms with van der Waals surface area (Å²) in [5.74, 6) is 0.639. The van der Waals surface area contributed by atoms with Gasteiger partial charge in [0.05, 0.1) is 5.92 Å². The van der Waals surface area contributed by atoms with E-state index in [1.807, 2.05) is 6.07 Å². The van der Waals surface area contributed by atoms with E-state index in [0.29, 0.717) is 12.5 Å². The highest BCUT2D eigenvalue weighted by molar-refractivity contribution is 5.83. The minimum atomic E-state index is 0.0739. The fourth-order valence-corrected chi connectivity index (χ4v) is 3.37. The molecule has 0 aliphatic heterocycles. The quantitative estimate of drug-likeness (QED) is 0.814. The van der Waals surface area contributed by atoms with Gasteiger partial charge < -0.3 is 10.2 Å². The van der Waals surface area contributed by atoms with Gasteiger partial charge >= 0.3 is 0 Å². The van der Waals surface area contributed by atoms with Crippen LogP contribution in [0.4, 0.5) is 0 Å². The number of benzene rings is 1. The summed E-state index contributed by atoms with van der Waals surface area (Å²) in [6.07, 6.45) is 2.24. The van der Waals surface area contributed by atoms with Gasteiger partial charge in [-0.1, -0.05) is 49.8 Å². The highest BCUT2D eigenvalue weighted by Gasteiger charge is 2.60. The molecule has 0 spiro atoms. The SMILES string of the molecule is CC(C)=C[C@H]1[C@@H](C(=O)NCc2ccccc2CN(C)C)C1(C)C. The van der Waals surface area contributed by atoms with Crippen LogP contribution in [0.2, 0.25) is 0 Å². The molecule has 1 aliphatic carbocycles. The highest BCUT2D eigenvalue weighted by atomic mass is 16.2. The number of carbonyl (C=O) groups is 1. The van der Waals surface area contributed by atoms with Crippen molar-refractivity contribution < 1.29 is 4.79 Å². The van der Waals surface area contributed by atoms with E-state index in [-0.39, 0.29) is 17.2 Å². The number of nitrogens with one attached hydrogen (secondary N) is 1. The predicted molar refractivity (Wildman–Crippen MR) is 95.9 cm³/mol. The summed E-state index contributed by atoms with van der Waals surface area (Å²) < 4.78 is 0. The molecule has 126 valence electrons. The van der Waals surface area contributed by atoms with E-state index in [9.17, 15) is 4.79 Å². The van der Waals surface area contributed by atoms with Gasteiger partial charge in [0.1, 0.15) is 0 Å². The molecule has 2 atom stereocenters. The van der Waals surface area contributed by atoms with Crippen LogP contribution in [-0.4, -0.2) is 24.9 Å².